The fourth-order valence-electron chi connectivity index (χ4n) is 3.99. The molecule has 0 bridgehead atoms. The summed E-state index contributed by atoms with van der Waals surface area (Å²) in [5.41, 5.74) is 1.53. The van der Waals surface area contributed by atoms with E-state index in [1.54, 1.807) is 6.07 Å². The summed E-state index contributed by atoms with van der Waals surface area (Å²) < 4.78 is 28.4. The van der Waals surface area contributed by atoms with Gasteiger partial charge in [-0.2, -0.15) is 0 Å². The fourth-order valence-corrected chi connectivity index (χ4v) is 6.55. The number of halogens is 1. The van der Waals surface area contributed by atoms with E-state index in [-0.39, 0.29) is 27.3 Å². The van der Waals surface area contributed by atoms with Crippen molar-refractivity contribution in [2.75, 3.05) is 10.0 Å². The van der Waals surface area contributed by atoms with Crippen molar-refractivity contribution in [3.05, 3.63) is 53.2 Å². The second-order valence-electron chi connectivity index (χ2n) is 8.14. The maximum atomic E-state index is 13.0. The van der Waals surface area contributed by atoms with Crippen LogP contribution in [0, 0.1) is 12.8 Å². The van der Waals surface area contributed by atoms with Gasteiger partial charge in [-0.25, -0.2) is 13.4 Å². The van der Waals surface area contributed by atoms with Gasteiger partial charge in [0.25, 0.3) is 10.0 Å². The van der Waals surface area contributed by atoms with E-state index in [4.69, 9.17) is 11.6 Å². The number of amides is 1. The number of carbonyl (C=O) groups excluding carboxylic acids is 1. The normalized spacial score (nSPS) is 14.4. The van der Waals surface area contributed by atoms with E-state index in [0.29, 0.717) is 28.7 Å². The molecule has 174 valence electrons. The summed E-state index contributed by atoms with van der Waals surface area (Å²) in [5.74, 6) is 0.336. The Morgan fingerprint density at radius 2 is 1.97 bits per heavy atom. The number of aromatic nitrogens is 1. The van der Waals surface area contributed by atoms with Crippen molar-refractivity contribution in [2.24, 2.45) is 5.92 Å². The van der Waals surface area contributed by atoms with Crippen molar-refractivity contribution < 1.29 is 18.3 Å². The Kier molecular flexibility index (Phi) is 6.92. The van der Waals surface area contributed by atoms with Crippen LogP contribution in [0.4, 0.5) is 10.8 Å². The smallest absolute Gasteiger partial charge is 0.263 e. The van der Waals surface area contributed by atoms with Gasteiger partial charge in [0.1, 0.15) is 10.6 Å². The summed E-state index contributed by atoms with van der Waals surface area (Å²) in [6, 6.07) is 10.5. The number of anilines is 2. The molecule has 1 aliphatic rings. The van der Waals surface area contributed by atoms with E-state index in [1.165, 1.54) is 60.6 Å². The lowest BCUT2D eigenvalue weighted by Gasteiger charge is -2.11. The Morgan fingerprint density at radius 3 is 2.70 bits per heavy atom. The van der Waals surface area contributed by atoms with Crippen LogP contribution < -0.4 is 10.0 Å². The second kappa shape index (κ2) is 9.70. The maximum absolute atomic E-state index is 13.0. The molecule has 0 spiro atoms. The number of benzene rings is 2. The van der Waals surface area contributed by atoms with Gasteiger partial charge in [-0.05, 0) is 55.5 Å². The van der Waals surface area contributed by atoms with Gasteiger partial charge in [-0.1, -0.05) is 47.9 Å². The molecule has 1 fully saturated rings. The Balaban J connectivity index is 1.56. The molecule has 1 amide bonds. The minimum absolute atomic E-state index is 0.0445. The van der Waals surface area contributed by atoms with Gasteiger partial charge in [-0.3, -0.25) is 9.52 Å². The van der Waals surface area contributed by atoms with Crippen molar-refractivity contribution in [3.63, 3.8) is 0 Å². The zero-order valence-electron chi connectivity index (χ0n) is 18.0. The Hall–Kier alpha value is -2.62. The number of rotatable bonds is 7. The molecule has 0 atom stereocenters. The molecule has 1 aliphatic carbocycles. The molecule has 2 aromatic carbocycles. The minimum atomic E-state index is -4.01. The molecule has 0 aliphatic heterocycles. The number of hydrogen-bond donors (Lipinski definition) is 3. The monoisotopic (exact) mass is 505 g/mol. The predicted molar refractivity (Wildman–Crippen MR) is 131 cm³/mol. The van der Waals surface area contributed by atoms with Crippen LogP contribution in [0.5, 0.6) is 5.75 Å². The number of hydrogen-bond acceptors (Lipinski definition) is 6. The SMILES string of the molecule is Cc1nc(NC(=O)CC2CCCC2)sc1-c1ccc(Cl)c(S(=O)(=O)Nc2cccc(O)c2)c1. The number of nitrogens with zero attached hydrogens (tertiary/aromatic N) is 1. The number of carbonyl (C=O) groups is 1. The van der Waals surface area contributed by atoms with E-state index < -0.39 is 10.0 Å². The van der Waals surface area contributed by atoms with Crippen LogP contribution in [0.3, 0.4) is 0 Å². The lowest BCUT2D eigenvalue weighted by Crippen LogP contribution is -2.14. The zero-order chi connectivity index (χ0) is 23.6. The van der Waals surface area contributed by atoms with Crippen LogP contribution in [0.25, 0.3) is 10.4 Å². The van der Waals surface area contributed by atoms with Gasteiger partial charge in [0.05, 0.1) is 21.3 Å². The van der Waals surface area contributed by atoms with E-state index >= 15 is 0 Å². The topological polar surface area (TPSA) is 108 Å². The average Bonchev–Trinajstić information content (AvgIpc) is 3.37. The van der Waals surface area contributed by atoms with Crippen molar-refractivity contribution in [3.8, 4) is 16.2 Å². The van der Waals surface area contributed by atoms with Gasteiger partial charge < -0.3 is 10.4 Å². The molecule has 1 saturated carbocycles. The number of aryl methyl sites for hydroxylation is 1. The quantitative estimate of drug-likeness (QED) is 0.376. The van der Waals surface area contributed by atoms with E-state index in [1.807, 2.05) is 6.92 Å². The first-order valence-corrected chi connectivity index (χ1v) is 13.3. The maximum Gasteiger partial charge on any atom is 0.263 e. The fraction of sp³-hybridized carbons (Fsp3) is 0.304. The van der Waals surface area contributed by atoms with Gasteiger partial charge >= 0.3 is 0 Å². The highest BCUT2D eigenvalue weighted by molar-refractivity contribution is 7.92. The molecule has 10 heteroatoms. The number of aromatic hydroxyl groups is 1. The number of nitrogens with one attached hydrogen (secondary N) is 2. The minimum Gasteiger partial charge on any atom is -0.508 e. The summed E-state index contributed by atoms with van der Waals surface area (Å²) >= 11 is 7.52. The Labute approximate surface area is 201 Å². The summed E-state index contributed by atoms with van der Waals surface area (Å²) in [6.45, 7) is 1.81. The summed E-state index contributed by atoms with van der Waals surface area (Å²) in [5, 5.41) is 13.0. The third-order valence-electron chi connectivity index (χ3n) is 5.57. The largest absolute Gasteiger partial charge is 0.508 e. The Bertz CT molecular complexity index is 1280. The highest BCUT2D eigenvalue weighted by atomic mass is 35.5. The molecule has 7 nitrogen and oxygen atoms in total. The lowest BCUT2D eigenvalue weighted by atomic mass is 10.0. The van der Waals surface area contributed by atoms with Crippen molar-refractivity contribution in [2.45, 2.75) is 43.9 Å². The van der Waals surface area contributed by atoms with Crippen LogP contribution >= 0.6 is 22.9 Å². The zero-order valence-corrected chi connectivity index (χ0v) is 20.4. The molecule has 0 unspecified atom stereocenters. The number of sulfonamides is 1. The van der Waals surface area contributed by atoms with Gasteiger partial charge in [-0.15, -0.1) is 0 Å². The van der Waals surface area contributed by atoms with Crippen molar-refractivity contribution in [1.29, 1.82) is 0 Å². The molecule has 3 N–H and O–H groups in total. The highest BCUT2D eigenvalue weighted by Gasteiger charge is 2.22. The molecule has 1 heterocycles. The number of phenols is 1. The van der Waals surface area contributed by atoms with Crippen LogP contribution in [-0.2, 0) is 14.8 Å². The molecule has 0 radical (unpaired) electrons. The molecule has 33 heavy (non-hydrogen) atoms. The summed E-state index contributed by atoms with van der Waals surface area (Å²) in [7, 11) is -4.01. The average molecular weight is 506 g/mol. The Morgan fingerprint density at radius 1 is 1.21 bits per heavy atom. The van der Waals surface area contributed by atoms with Crippen LogP contribution in [0.1, 0.15) is 37.8 Å². The third-order valence-corrected chi connectivity index (χ3v) is 8.56. The first-order chi connectivity index (χ1) is 15.7. The number of thiazole rings is 1. The summed E-state index contributed by atoms with van der Waals surface area (Å²) in [4.78, 5) is 17.5. The van der Waals surface area contributed by atoms with Gasteiger partial charge in [0, 0.05) is 12.5 Å². The van der Waals surface area contributed by atoms with Gasteiger partial charge in [0.15, 0.2) is 5.13 Å². The molecule has 3 aromatic rings. The van der Waals surface area contributed by atoms with Crippen molar-refractivity contribution in [1.82, 2.24) is 4.98 Å². The molecule has 4 rings (SSSR count). The standard InChI is InChI=1S/C23H24ClN3O4S2/c1-14-22(32-23(25-14)26-21(29)11-15-5-2-3-6-15)16-9-10-19(24)20(12-16)33(30,31)27-17-7-4-8-18(28)13-17/h4,7-10,12-13,15,27-28H,2-3,5-6,11H2,1H3,(H,25,26,29). The second-order valence-corrected chi connectivity index (χ2v) is 11.2. The molecular formula is C23H24ClN3O4S2. The number of phenolic OH excluding ortho intramolecular Hbond substituents is 1. The first kappa shape index (κ1) is 23.5. The van der Waals surface area contributed by atoms with Crippen molar-refractivity contribution >= 4 is 49.7 Å². The predicted octanol–water partition coefficient (Wildman–Crippen LogP) is 5.80. The summed E-state index contributed by atoms with van der Waals surface area (Å²) in [6.07, 6.45) is 5.04. The van der Waals surface area contributed by atoms with Crippen LogP contribution in [0.15, 0.2) is 47.4 Å². The van der Waals surface area contributed by atoms with Gasteiger partial charge in [0.2, 0.25) is 5.91 Å². The molecule has 1 aromatic heterocycles. The van der Waals surface area contributed by atoms with E-state index in [0.717, 1.165) is 17.7 Å². The highest BCUT2D eigenvalue weighted by Crippen LogP contribution is 2.36. The third kappa shape index (κ3) is 5.66. The first-order valence-electron chi connectivity index (χ1n) is 10.6. The molecular weight excluding hydrogens is 482 g/mol. The van der Waals surface area contributed by atoms with Crippen LogP contribution in [-0.4, -0.2) is 24.4 Å². The lowest BCUT2D eigenvalue weighted by molar-refractivity contribution is -0.117. The van der Waals surface area contributed by atoms with Crippen LogP contribution in [0.2, 0.25) is 5.02 Å². The van der Waals surface area contributed by atoms with E-state index in [9.17, 15) is 18.3 Å². The molecule has 0 saturated heterocycles. The van der Waals surface area contributed by atoms with E-state index in [2.05, 4.69) is 15.0 Å².